The predicted molar refractivity (Wildman–Crippen MR) is 155 cm³/mol. The second kappa shape index (κ2) is 12.4. The van der Waals surface area contributed by atoms with E-state index in [0.29, 0.717) is 9.79 Å². The van der Waals surface area contributed by atoms with Gasteiger partial charge in [-0.1, -0.05) is 22.9 Å². The zero-order chi connectivity index (χ0) is 26.4. The fourth-order valence-corrected chi connectivity index (χ4v) is 10.8. The van der Waals surface area contributed by atoms with Crippen LogP contribution >= 0.6 is 22.5 Å². The first kappa shape index (κ1) is 29.4. The van der Waals surface area contributed by atoms with E-state index in [9.17, 15) is 30.3 Å². The number of hydrogen-bond acceptors (Lipinski definition) is 12. The van der Waals surface area contributed by atoms with Gasteiger partial charge in [0.05, 0.1) is 14.8 Å². The van der Waals surface area contributed by atoms with Crippen LogP contribution < -0.4 is 0 Å². The summed E-state index contributed by atoms with van der Waals surface area (Å²) in [4.78, 5) is 32.2. The Morgan fingerprint density at radius 1 is 0.629 bits per heavy atom. The Hall–Kier alpha value is -1.86. The largest absolute Gasteiger partial charge is 0.270 e. The monoisotopic (exact) mass is 623 g/mol. The average Bonchev–Trinajstić information content (AvgIpc) is 2.84. The number of thiol groups is 1. The molecule has 3 aromatic carbocycles. The van der Waals surface area contributed by atoms with Gasteiger partial charge in [-0.2, -0.15) is 0 Å². The number of nitro groups is 3. The molecular formula is C18H13N3O6S8. The van der Waals surface area contributed by atoms with Crippen LogP contribution in [0.5, 0.6) is 0 Å². The maximum Gasteiger partial charge on any atom is 0.270 e. The molecule has 0 saturated heterocycles. The van der Waals surface area contributed by atoms with Gasteiger partial charge in [-0.3, -0.25) is 30.3 Å². The van der Waals surface area contributed by atoms with Gasteiger partial charge in [0.15, 0.2) is 0 Å². The van der Waals surface area contributed by atoms with Crippen molar-refractivity contribution in [3.05, 3.63) is 103 Å². The molecule has 3 aromatic rings. The molecule has 0 spiro atoms. The van der Waals surface area contributed by atoms with Crippen LogP contribution in [-0.2, 0) is 57.1 Å². The number of rotatable bonds is 7. The third kappa shape index (κ3) is 7.32. The summed E-state index contributed by atoms with van der Waals surface area (Å²) in [6, 6.07) is 17.5. The van der Waals surface area contributed by atoms with Crippen molar-refractivity contribution in [1.29, 1.82) is 0 Å². The second-order valence-corrected chi connectivity index (χ2v) is 23.0. The van der Waals surface area contributed by atoms with E-state index in [1.807, 2.05) is 0 Å². The van der Waals surface area contributed by atoms with Crippen molar-refractivity contribution in [2.24, 2.45) is 0 Å². The highest BCUT2D eigenvalue weighted by molar-refractivity contribution is 9.11. The van der Waals surface area contributed by atoms with Crippen LogP contribution in [0.2, 0.25) is 0 Å². The molecule has 0 aliphatic carbocycles. The van der Waals surface area contributed by atoms with Gasteiger partial charge in [0.25, 0.3) is 17.1 Å². The van der Waals surface area contributed by atoms with Gasteiger partial charge < -0.3 is 0 Å². The van der Waals surface area contributed by atoms with Crippen LogP contribution in [-0.4, -0.2) is 14.8 Å². The summed E-state index contributed by atoms with van der Waals surface area (Å²) in [6.07, 6.45) is -5.27. The number of nitro benzene ring substituents is 3. The highest BCUT2D eigenvalue weighted by Crippen LogP contribution is 2.30. The molecule has 0 unspecified atom stereocenters. The molecular weight excluding hydrogens is 611 g/mol. The maximum atomic E-state index is 10.9. The number of hydrogen-bond donors (Lipinski definition) is 1. The van der Waals surface area contributed by atoms with Gasteiger partial charge >= 0.3 is 0 Å². The Morgan fingerprint density at radius 3 is 1.31 bits per heavy atom. The molecule has 0 bridgehead atoms. The minimum absolute atomic E-state index is 0.108. The molecule has 0 saturated carbocycles. The molecule has 0 aromatic heterocycles. The lowest BCUT2D eigenvalue weighted by Gasteiger charge is -2.18. The van der Waals surface area contributed by atoms with Gasteiger partial charge in [-0.05, 0) is 81.4 Å². The Balaban J connectivity index is 0.000000328. The van der Waals surface area contributed by atoms with E-state index in [0.717, 1.165) is 4.90 Å². The third-order valence-corrected chi connectivity index (χ3v) is 23.1. The Kier molecular flexibility index (Phi) is 10.4. The van der Waals surface area contributed by atoms with Crippen molar-refractivity contribution < 1.29 is 14.8 Å². The van der Waals surface area contributed by atoms with E-state index in [1.54, 1.807) is 24.3 Å². The van der Waals surface area contributed by atoms with E-state index >= 15 is 0 Å². The number of non-ortho nitro benzene ring substituents is 3. The summed E-state index contributed by atoms with van der Waals surface area (Å²) < 4.78 is 0. The van der Waals surface area contributed by atoms with Crippen LogP contribution in [0, 0.1) is 30.3 Å². The van der Waals surface area contributed by atoms with Crippen molar-refractivity contribution in [1.82, 2.24) is 0 Å². The van der Waals surface area contributed by atoms with E-state index in [-0.39, 0.29) is 17.1 Å². The van der Waals surface area contributed by atoms with Crippen molar-refractivity contribution in [3.63, 3.8) is 0 Å². The van der Waals surface area contributed by atoms with Crippen molar-refractivity contribution >= 4 is 96.6 Å². The minimum atomic E-state index is -2.64. The van der Waals surface area contributed by atoms with E-state index in [4.69, 9.17) is 44.8 Å². The van der Waals surface area contributed by atoms with Crippen molar-refractivity contribution in [3.8, 4) is 0 Å². The van der Waals surface area contributed by atoms with Gasteiger partial charge in [0.2, 0.25) is 0 Å². The van der Waals surface area contributed by atoms with E-state index in [1.165, 1.54) is 59.3 Å². The lowest BCUT2D eigenvalue weighted by atomic mass is 10.3. The summed E-state index contributed by atoms with van der Waals surface area (Å²) in [7, 11) is 1.26. The lowest BCUT2D eigenvalue weighted by Crippen LogP contribution is -2.12. The van der Waals surface area contributed by atoms with Gasteiger partial charge in [0.1, 0.15) is 0 Å². The van der Waals surface area contributed by atoms with Gasteiger partial charge in [-0.25, -0.2) is 0 Å². The topological polar surface area (TPSA) is 129 Å². The smallest absolute Gasteiger partial charge is 0.258 e. The fourth-order valence-electron chi connectivity index (χ4n) is 2.39. The van der Waals surface area contributed by atoms with E-state index < -0.39 is 27.1 Å². The average molecular weight is 624 g/mol. The molecule has 3 rings (SSSR count). The molecule has 0 fully saturated rings. The highest BCUT2D eigenvalue weighted by atomic mass is 33.7. The van der Waals surface area contributed by atoms with Gasteiger partial charge in [0, 0.05) is 51.1 Å². The standard InChI is InChI=1S/C12H8N2O4S6.C6H5NO2S2/c15-13(16)9-3-1-5-11(7-9)23(19,20)24(21,22)12-6-2-4-10(8-12)14(17)18;8-7(9)5-1-3-6(11-10)4-2-5/h1-8H;1-4,10H. The van der Waals surface area contributed by atoms with E-state index in [2.05, 4.69) is 11.7 Å². The zero-order valence-corrected chi connectivity index (χ0v) is 23.6. The molecule has 9 nitrogen and oxygen atoms in total. The first-order valence-corrected chi connectivity index (χ1v) is 18.2. The summed E-state index contributed by atoms with van der Waals surface area (Å²) >= 11 is 26.0. The van der Waals surface area contributed by atoms with Crippen LogP contribution in [0.1, 0.15) is 0 Å². The molecule has 0 atom stereocenters. The molecule has 0 aliphatic rings. The normalized spacial score (nSPS) is 11.1. The maximum absolute atomic E-state index is 10.9. The van der Waals surface area contributed by atoms with Gasteiger partial charge in [-0.15, -0.1) is 11.7 Å². The molecule has 35 heavy (non-hydrogen) atoms. The highest BCUT2D eigenvalue weighted by Gasteiger charge is 2.22. The van der Waals surface area contributed by atoms with Crippen LogP contribution in [0.4, 0.5) is 17.1 Å². The van der Waals surface area contributed by atoms with Crippen LogP contribution in [0.15, 0.2) is 87.5 Å². The Labute approximate surface area is 227 Å². The quantitative estimate of drug-likeness (QED) is 0.154. The fraction of sp³-hybridized carbons (Fsp3) is 0. The molecule has 0 N–H and O–H groups in total. The molecule has 0 radical (unpaired) electrons. The Bertz CT molecular complexity index is 1410. The molecule has 17 heteroatoms. The third-order valence-electron chi connectivity index (χ3n) is 4.08. The predicted octanol–water partition coefficient (Wildman–Crippen LogP) is 5.52. The summed E-state index contributed by atoms with van der Waals surface area (Å²) in [5.41, 5.74) is -0.201. The molecule has 0 aliphatic heterocycles. The molecule has 184 valence electrons. The van der Waals surface area contributed by atoms with Crippen molar-refractivity contribution in [2.75, 3.05) is 0 Å². The first-order valence-electron chi connectivity index (χ1n) is 8.86. The summed E-state index contributed by atoms with van der Waals surface area (Å²) in [5, 5.41) is 32.1. The molecule has 0 heterocycles. The lowest BCUT2D eigenvalue weighted by molar-refractivity contribution is -0.385. The van der Waals surface area contributed by atoms with Crippen LogP contribution in [0.3, 0.4) is 0 Å². The summed E-state index contributed by atoms with van der Waals surface area (Å²) in [5.74, 6) is 0. The molecule has 0 amide bonds. The number of nitrogens with zero attached hydrogens (tertiary/aromatic N) is 3. The minimum Gasteiger partial charge on any atom is -0.258 e. The Morgan fingerprint density at radius 2 is 1.00 bits per heavy atom. The number of benzene rings is 3. The summed E-state index contributed by atoms with van der Waals surface area (Å²) in [6.45, 7) is 0. The van der Waals surface area contributed by atoms with Crippen molar-refractivity contribution in [2.45, 2.75) is 14.7 Å². The van der Waals surface area contributed by atoms with Crippen LogP contribution in [0.25, 0.3) is 0 Å². The second-order valence-electron chi connectivity index (χ2n) is 6.26. The zero-order valence-electron chi connectivity index (χ0n) is 17.0. The SMILES string of the molecule is O=[N+]([O-])c1ccc(SS)cc1.O=[N+]([O-])c1cccc(S(=S)(=S)S(=S)(=S)c2cccc([N+](=O)[O-])c2)c1. The first-order chi connectivity index (χ1) is 16.3.